The predicted molar refractivity (Wildman–Crippen MR) is 77.7 cm³/mol. The maximum Gasteiger partial charge on any atom is 0.327 e. The van der Waals surface area contributed by atoms with Crippen LogP contribution >= 0.6 is 11.3 Å². The van der Waals surface area contributed by atoms with E-state index < -0.39 is 17.4 Å². The number of carboxylic acid groups (broad SMARTS) is 1. The molecule has 1 atom stereocenters. The Bertz CT molecular complexity index is 485. The quantitative estimate of drug-likeness (QED) is 0.900. The van der Waals surface area contributed by atoms with Crippen molar-refractivity contribution in [2.75, 3.05) is 6.54 Å². The van der Waals surface area contributed by atoms with Crippen LogP contribution in [0.3, 0.4) is 0 Å². The number of carbonyl (C=O) groups excluding carboxylic acids is 1. The minimum Gasteiger partial charge on any atom is -0.480 e. The van der Waals surface area contributed by atoms with Crippen molar-refractivity contribution in [3.05, 3.63) is 22.4 Å². The fraction of sp³-hybridized carbons (Fsp3) is 0.571. The molecule has 5 nitrogen and oxygen atoms in total. The Hall–Kier alpha value is -1.56. The van der Waals surface area contributed by atoms with Gasteiger partial charge < -0.3 is 15.3 Å². The van der Waals surface area contributed by atoms with Crippen LogP contribution in [0.1, 0.15) is 32.3 Å². The van der Waals surface area contributed by atoms with Crippen molar-refractivity contribution in [2.24, 2.45) is 5.41 Å². The van der Waals surface area contributed by atoms with Crippen molar-refractivity contribution in [1.82, 2.24) is 10.2 Å². The highest BCUT2D eigenvalue weighted by atomic mass is 32.1. The van der Waals surface area contributed by atoms with Crippen molar-refractivity contribution in [2.45, 2.75) is 39.3 Å². The summed E-state index contributed by atoms with van der Waals surface area (Å²) < 4.78 is 0. The molecule has 1 aromatic heterocycles. The molecule has 20 heavy (non-hydrogen) atoms. The number of urea groups is 1. The summed E-state index contributed by atoms with van der Waals surface area (Å²) in [6, 6.07) is 0.884. The molecular formula is C14H20N2O3S. The molecule has 1 aliphatic heterocycles. The Labute approximate surface area is 122 Å². The van der Waals surface area contributed by atoms with Gasteiger partial charge in [0.05, 0.1) is 0 Å². The van der Waals surface area contributed by atoms with E-state index in [1.165, 1.54) is 4.90 Å². The van der Waals surface area contributed by atoms with E-state index in [4.69, 9.17) is 0 Å². The van der Waals surface area contributed by atoms with E-state index >= 15 is 0 Å². The summed E-state index contributed by atoms with van der Waals surface area (Å²) in [4.78, 5) is 25.2. The number of carboxylic acids is 1. The van der Waals surface area contributed by atoms with Gasteiger partial charge in [-0.25, -0.2) is 9.59 Å². The lowest BCUT2D eigenvalue weighted by Crippen LogP contribution is -2.58. The second-order valence-electron chi connectivity index (χ2n) is 5.82. The fourth-order valence-corrected chi connectivity index (χ4v) is 3.42. The van der Waals surface area contributed by atoms with Crippen LogP contribution in [0.15, 0.2) is 16.8 Å². The van der Waals surface area contributed by atoms with Crippen LogP contribution in [-0.4, -0.2) is 34.6 Å². The number of hydrogen-bond acceptors (Lipinski definition) is 3. The van der Waals surface area contributed by atoms with E-state index in [1.54, 1.807) is 11.3 Å². The van der Waals surface area contributed by atoms with E-state index in [-0.39, 0.29) is 6.03 Å². The molecule has 1 fully saturated rings. The molecule has 0 aliphatic carbocycles. The van der Waals surface area contributed by atoms with Crippen molar-refractivity contribution < 1.29 is 14.7 Å². The van der Waals surface area contributed by atoms with Gasteiger partial charge in [0, 0.05) is 13.1 Å². The number of hydrogen-bond donors (Lipinski definition) is 2. The minimum atomic E-state index is -0.930. The third kappa shape index (κ3) is 3.12. The van der Waals surface area contributed by atoms with Crippen LogP contribution in [0.2, 0.25) is 0 Å². The van der Waals surface area contributed by atoms with Gasteiger partial charge >= 0.3 is 12.0 Å². The van der Waals surface area contributed by atoms with Gasteiger partial charge in [-0.05, 0) is 40.6 Å². The van der Waals surface area contributed by atoms with Gasteiger partial charge in [-0.1, -0.05) is 13.8 Å². The molecule has 0 bridgehead atoms. The standard InChI is InChI=1S/C14H20N2O3S/c1-14(2)5-3-6-16(11(14)12(17)18)13(19)15-8-10-4-7-20-9-10/h4,7,9,11H,3,5-6,8H2,1-2H3,(H,15,19)(H,17,18). The van der Waals surface area contributed by atoms with E-state index in [9.17, 15) is 14.7 Å². The van der Waals surface area contributed by atoms with Gasteiger partial charge in [-0.3, -0.25) is 0 Å². The summed E-state index contributed by atoms with van der Waals surface area (Å²) in [5.74, 6) is -0.930. The van der Waals surface area contributed by atoms with E-state index in [2.05, 4.69) is 5.32 Å². The van der Waals surface area contributed by atoms with Crippen LogP contribution in [0, 0.1) is 5.41 Å². The van der Waals surface area contributed by atoms with Gasteiger partial charge in [-0.15, -0.1) is 0 Å². The monoisotopic (exact) mass is 296 g/mol. The second kappa shape index (κ2) is 5.83. The van der Waals surface area contributed by atoms with Crippen molar-refractivity contribution in [3.63, 3.8) is 0 Å². The van der Waals surface area contributed by atoms with Crippen LogP contribution in [0.25, 0.3) is 0 Å². The van der Waals surface area contributed by atoms with Crippen molar-refractivity contribution >= 4 is 23.3 Å². The maximum absolute atomic E-state index is 12.3. The van der Waals surface area contributed by atoms with Gasteiger partial charge in [0.25, 0.3) is 0 Å². The average Bonchev–Trinajstić information content (AvgIpc) is 2.86. The number of rotatable bonds is 3. The lowest BCUT2D eigenvalue weighted by molar-refractivity contribution is -0.148. The molecule has 1 aliphatic rings. The minimum absolute atomic E-state index is 0.295. The first-order valence-corrected chi connectivity index (χ1v) is 7.64. The SMILES string of the molecule is CC1(C)CCCN(C(=O)NCc2ccsc2)C1C(=O)O. The molecule has 0 radical (unpaired) electrons. The number of nitrogens with zero attached hydrogens (tertiary/aromatic N) is 1. The molecule has 2 rings (SSSR count). The van der Waals surface area contributed by atoms with Gasteiger partial charge in [0.15, 0.2) is 0 Å². The number of carbonyl (C=O) groups is 2. The Kier molecular flexibility index (Phi) is 4.32. The largest absolute Gasteiger partial charge is 0.480 e. The number of aliphatic carboxylic acids is 1. The van der Waals surface area contributed by atoms with E-state index in [1.807, 2.05) is 30.7 Å². The number of thiophene rings is 1. The molecule has 0 saturated carbocycles. The molecule has 2 heterocycles. The summed E-state index contributed by atoms with van der Waals surface area (Å²) in [7, 11) is 0. The molecule has 2 amide bonds. The lowest BCUT2D eigenvalue weighted by atomic mass is 9.76. The Morgan fingerprint density at radius 3 is 2.90 bits per heavy atom. The van der Waals surface area contributed by atoms with Gasteiger partial charge in [0.2, 0.25) is 0 Å². The van der Waals surface area contributed by atoms with Gasteiger partial charge in [-0.2, -0.15) is 11.3 Å². The number of nitrogens with one attached hydrogen (secondary N) is 1. The van der Waals surface area contributed by atoms with Crippen LogP contribution in [0.5, 0.6) is 0 Å². The molecule has 1 saturated heterocycles. The second-order valence-corrected chi connectivity index (χ2v) is 6.60. The zero-order valence-electron chi connectivity index (χ0n) is 11.8. The molecular weight excluding hydrogens is 276 g/mol. The number of piperidine rings is 1. The van der Waals surface area contributed by atoms with Gasteiger partial charge in [0.1, 0.15) is 6.04 Å². The normalized spacial score (nSPS) is 21.5. The van der Waals surface area contributed by atoms with Crippen LogP contribution < -0.4 is 5.32 Å². The smallest absolute Gasteiger partial charge is 0.327 e. The van der Waals surface area contributed by atoms with Crippen molar-refractivity contribution in [1.29, 1.82) is 0 Å². The van der Waals surface area contributed by atoms with E-state index in [0.29, 0.717) is 13.1 Å². The molecule has 2 N–H and O–H groups in total. The highest BCUT2D eigenvalue weighted by Gasteiger charge is 2.44. The summed E-state index contributed by atoms with van der Waals surface area (Å²) in [6.45, 7) is 4.75. The first-order valence-electron chi connectivity index (χ1n) is 6.70. The number of amides is 2. The predicted octanol–water partition coefficient (Wildman–Crippen LogP) is 2.53. The zero-order valence-corrected chi connectivity index (χ0v) is 12.6. The van der Waals surface area contributed by atoms with Crippen molar-refractivity contribution in [3.8, 4) is 0 Å². The Balaban J connectivity index is 2.04. The summed E-state index contributed by atoms with van der Waals surface area (Å²) in [6.07, 6.45) is 1.65. The summed E-state index contributed by atoms with van der Waals surface area (Å²) in [5.41, 5.74) is 0.635. The molecule has 0 spiro atoms. The van der Waals surface area contributed by atoms with Crippen LogP contribution in [0.4, 0.5) is 4.79 Å². The maximum atomic E-state index is 12.3. The molecule has 1 aromatic rings. The average molecular weight is 296 g/mol. The highest BCUT2D eigenvalue weighted by Crippen LogP contribution is 2.35. The van der Waals surface area contributed by atoms with E-state index in [0.717, 1.165) is 18.4 Å². The lowest BCUT2D eigenvalue weighted by Gasteiger charge is -2.43. The molecule has 6 heteroatoms. The first kappa shape index (κ1) is 14.8. The summed E-state index contributed by atoms with van der Waals surface area (Å²) in [5, 5.41) is 16.2. The number of likely N-dealkylation sites (tertiary alicyclic amines) is 1. The summed E-state index contributed by atoms with van der Waals surface area (Å²) >= 11 is 1.57. The molecule has 110 valence electrons. The van der Waals surface area contributed by atoms with Crippen LogP contribution in [-0.2, 0) is 11.3 Å². The topological polar surface area (TPSA) is 69.6 Å². The third-order valence-corrected chi connectivity index (χ3v) is 4.52. The zero-order chi connectivity index (χ0) is 14.8. The fourth-order valence-electron chi connectivity index (χ4n) is 2.75. The Morgan fingerprint density at radius 1 is 1.55 bits per heavy atom. The highest BCUT2D eigenvalue weighted by molar-refractivity contribution is 7.07. The third-order valence-electron chi connectivity index (χ3n) is 3.79. The first-order chi connectivity index (χ1) is 9.42. The Morgan fingerprint density at radius 2 is 2.30 bits per heavy atom. The molecule has 0 aromatic carbocycles. The molecule has 1 unspecified atom stereocenters.